The summed E-state index contributed by atoms with van der Waals surface area (Å²) < 4.78 is 5.47. The van der Waals surface area contributed by atoms with E-state index in [1.165, 1.54) is 10.4 Å². The van der Waals surface area contributed by atoms with Crippen LogP contribution in [-0.2, 0) is 12.8 Å². The lowest BCUT2D eigenvalue weighted by Gasteiger charge is -2.17. The molecule has 1 heterocycles. The number of nitrogens with zero attached hydrogens (tertiary/aromatic N) is 1. The molecule has 1 amide bonds. The van der Waals surface area contributed by atoms with E-state index in [9.17, 15) is 4.79 Å². The highest BCUT2D eigenvalue weighted by molar-refractivity contribution is 7.16. The molecule has 3 aromatic carbocycles. The van der Waals surface area contributed by atoms with Crippen LogP contribution in [0.2, 0.25) is 0 Å². The highest BCUT2D eigenvalue weighted by Crippen LogP contribution is 2.40. The van der Waals surface area contributed by atoms with Crippen LogP contribution < -0.4 is 10.1 Å². The van der Waals surface area contributed by atoms with E-state index >= 15 is 0 Å². The second-order valence-electron chi connectivity index (χ2n) is 7.25. The fourth-order valence-electron chi connectivity index (χ4n) is 4.00. The number of carbonyl (C=O) groups is 1. The zero-order valence-electron chi connectivity index (χ0n) is 16.3. The van der Waals surface area contributed by atoms with E-state index in [-0.39, 0.29) is 5.91 Å². The molecule has 0 spiro atoms. The number of methoxy groups -OCH3 is 1. The van der Waals surface area contributed by atoms with Gasteiger partial charge in [0.1, 0.15) is 5.75 Å². The lowest BCUT2D eigenvalue weighted by Crippen LogP contribution is -2.12. The van der Waals surface area contributed by atoms with Crippen molar-refractivity contribution in [1.29, 1.82) is 0 Å². The minimum atomic E-state index is -0.126. The molecule has 4 aromatic rings. The fourth-order valence-corrected chi connectivity index (χ4v) is 4.97. The van der Waals surface area contributed by atoms with Gasteiger partial charge in [-0.3, -0.25) is 10.1 Å². The largest absolute Gasteiger partial charge is 0.496 e. The van der Waals surface area contributed by atoms with Gasteiger partial charge in [0, 0.05) is 16.0 Å². The van der Waals surface area contributed by atoms with Gasteiger partial charge in [-0.15, -0.1) is 11.3 Å². The van der Waals surface area contributed by atoms with Crippen molar-refractivity contribution >= 4 is 33.1 Å². The van der Waals surface area contributed by atoms with E-state index in [1.807, 2.05) is 49.4 Å². The first-order valence-corrected chi connectivity index (χ1v) is 10.4. The van der Waals surface area contributed by atoms with Crippen LogP contribution in [-0.4, -0.2) is 18.0 Å². The highest BCUT2D eigenvalue weighted by Gasteiger charge is 2.23. The van der Waals surface area contributed by atoms with Crippen molar-refractivity contribution in [1.82, 2.24) is 4.98 Å². The maximum atomic E-state index is 13.0. The Morgan fingerprint density at radius 2 is 1.93 bits per heavy atom. The average Bonchev–Trinajstić information content (AvgIpc) is 3.15. The van der Waals surface area contributed by atoms with Crippen molar-refractivity contribution in [2.45, 2.75) is 19.8 Å². The first-order chi connectivity index (χ1) is 14.1. The van der Waals surface area contributed by atoms with E-state index in [1.54, 1.807) is 18.4 Å². The Morgan fingerprint density at radius 1 is 1.10 bits per heavy atom. The summed E-state index contributed by atoms with van der Waals surface area (Å²) >= 11 is 1.57. The van der Waals surface area contributed by atoms with Crippen LogP contribution in [0, 0.1) is 6.92 Å². The van der Waals surface area contributed by atoms with Crippen molar-refractivity contribution in [2.24, 2.45) is 0 Å². The number of hydrogen-bond acceptors (Lipinski definition) is 4. The monoisotopic (exact) mass is 400 g/mol. The fraction of sp³-hybridized carbons (Fsp3) is 0.167. The van der Waals surface area contributed by atoms with Crippen molar-refractivity contribution in [2.75, 3.05) is 12.4 Å². The van der Waals surface area contributed by atoms with E-state index < -0.39 is 0 Å². The van der Waals surface area contributed by atoms with Crippen molar-refractivity contribution in [3.8, 4) is 17.0 Å². The molecular weight excluding hydrogens is 380 g/mol. The van der Waals surface area contributed by atoms with Gasteiger partial charge in [0.05, 0.1) is 12.8 Å². The molecule has 0 bridgehead atoms. The van der Waals surface area contributed by atoms with Crippen LogP contribution in [0.15, 0.2) is 54.6 Å². The van der Waals surface area contributed by atoms with E-state index in [0.29, 0.717) is 10.7 Å². The summed E-state index contributed by atoms with van der Waals surface area (Å²) in [5, 5.41) is 5.67. The predicted molar refractivity (Wildman–Crippen MR) is 118 cm³/mol. The molecule has 0 unspecified atom stereocenters. The molecule has 5 rings (SSSR count). The first kappa shape index (κ1) is 17.9. The Kier molecular flexibility index (Phi) is 4.32. The molecule has 5 heteroatoms. The topological polar surface area (TPSA) is 51.2 Å². The molecule has 29 heavy (non-hydrogen) atoms. The molecule has 0 atom stereocenters. The van der Waals surface area contributed by atoms with Crippen LogP contribution >= 0.6 is 11.3 Å². The summed E-state index contributed by atoms with van der Waals surface area (Å²) in [6.07, 6.45) is 1.88. The second-order valence-corrected chi connectivity index (χ2v) is 8.33. The lowest BCUT2D eigenvalue weighted by molar-refractivity contribution is 0.102. The smallest absolute Gasteiger partial charge is 0.258 e. The third-order valence-electron chi connectivity index (χ3n) is 5.45. The van der Waals surface area contributed by atoms with Crippen molar-refractivity contribution < 1.29 is 9.53 Å². The third kappa shape index (κ3) is 3.08. The Balaban J connectivity index is 1.49. The quantitative estimate of drug-likeness (QED) is 0.485. The third-order valence-corrected chi connectivity index (χ3v) is 6.48. The van der Waals surface area contributed by atoms with Gasteiger partial charge in [-0.25, -0.2) is 4.98 Å². The maximum absolute atomic E-state index is 13.0. The SMILES string of the molecule is COc1cc2c(cc1C)-c1nc(NC(=O)c3cccc4ccccc34)sc1CC2. The zero-order chi connectivity index (χ0) is 20.0. The van der Waals surface area contributed by atoms with Gasteiger partial charge in [0.25, 0.3) is 5.91 Å². The van der Waals surface area contributed by atoms with E-state index in [2.05, 4.69) is 17.4 Å². The molecule has 4 nitrogen and oxygen atoms in total. The average molecular weight is 401 g/mol. The summed E-state index contributed by atoms with van der Waals surface area (Å²) in [6.45, 7) is 2.04. The van der Waals surface area contributed by atoms with Crippen LogP contribution in [0.5, 0.6) is 5.75 Å². The number of nitrogens with one attached hydrogen (secondary N) is 1. The van der Waals surface area contributed by atoms with Gasteiger partial charge >= 0.3 is 0 Å². The van der Waals surface area contributed by atoms with Gasteiger partial charge in [0.15, 0.2) is 5.13 Å². The van der Waals surface area contributed by atoms with E-state index in [4.69, 9.17) is 9.72 Å². The van der Waals surface area contributed by atoms with Crippen LogP contribution in [0.3, 0.4) is 0 Å². The number of amides is 1. The molecule has 0 fully saturated rings. The Hall–Kier alpha value is -3.18. The lowest BCUT2D eigenvalue weighted by atomic mass is 9.91. The molecule has 1 aromatic heterocycles. The molecule has 0 aliphatic heterocycles. The number of rotatable bonds is 3. The Morgan fingerprint density at radius 3 is 2.79 bits per heavy atom. The summed E-state index contributed by atoms with van der Waals surface area (Å²) in [7, 11) is 1.70. The van der Waals surface area contributed by atoms with Gasteiger partial charge in [0.2, 0.25) is 0 Å². The molecule has 1 N–H and O–H groups in total. The number of thiazole rings is 1. The van der Waals surface area contributed by atoms with Gasteiger partial charge < -0.3 is 4.74 Å². The van der Waals surface area contributed by atoms with Crippen LogP contribution in [0.25, 0.3) is 22.0 Å². The Labute approximate surface area is 173 Å². The summed E-state index contributed by atoms with van der Waals surface area (Å²) in [6, 6.07) is 18.0. The number of anilines is 1. The highest BCUT2D eigenvalue weighted by atomic mass is 32.1. The maximum Gasteiger partial charge on any atom is 0.258 e. The molecule has 0 saturated carbocycles. The standard InChI is InChI=1S/C24H20N2O2S/c1-14-12-19-16(13-20(14)28-2)10-11-21-22(19)25-24(29-21)26-23(27)18-9-5-7-15-6-3-4-8-17(15)18/h3-9,12-13H,10-11H2,1-2H3,(H,25,26,27). The Bertz CT molecular complexity index is 1250. The molecular formula is C24H20N2O2S. The number of ether oxygens (including phenoxy) is 1. The summed E-state index contributed by atoms with van der Waals surface area (Å²) in [5.41, 5.74) is 5.13. The minimum absolute atomic E-state index is 0.126. The number of aryl methyl sites for hydroxylation is 3. The van der Waals surface area contributed by atoms with Gasteiger partial charge in [-0.05, 0) is 59.9 Å². The second kappa shape index (κ2) is 7.01. The number of carbonyl (C=O) groups excluding carboxylic acids is 1. The van der Waals surface area contributed by atoms with Crippen LogP contribution in [0.1, 0.15) is 26.4 Å². The normalized spacial score (nSPS) is 12.3. The number of aromatic nitrogens is 1. The molecule has 1 aliphatic carbocycles. The van der Waals surface area contributed by atoms with Gasteiger partial charge in [-0.1, -0.05) is 36.4 Å². The molecule has 144 valence electrons. The van der Waals surface area contributed by atoms with Crippen LogP contribution in [0.4, 0.5) is 5.13 Å². The predicted octanol–water partition coefficient (Wildman–Crippen LogP) is 5.63. The van der Waals surface area contributed by atoms with Gasteiger partial charge in [-0.2, -0.15) is 0 Å². The summed E-state index contributed by atoms with van der Waals surface area (Å²) in [4.78, 5) is 19.0. The van der Waals surface area contributed by atoms with E-state index in [0.717, 1.165) is 46.2 Å². The van der Waals surface area contributed by atoms with Crippen molar-refractivity contribution in [3.05, 3.63) is 76.2 Å². The molecule has 1 aliphatic rings. The first-order valence-electron chi connectivity index (χ1n) is 9.61. The zero-order valence-corrected chi connectivity index (χ0v) is 17.1. The number of hydrogen-bond donors (Lipinski definition) is 1. The molecule has 0 saturated heterocycles. The minimum Gasteiger partial charge on any atom is -0.496 e. The molecule has 0 radical (unpaired) electrons. The van der Waals surface area contributed by atoms with Crippen molar-refractivity contribution in [3.63, 3.8) is 0 Å². The number of fused-ring (bicyclic) bond motifs is 4. The summed E-state index contributed by atoms with van der Waals surface area (Å²) in [5.74, 6) is 0.783. The number of benzene rings is 3.